The molecule has 138 valence electrons. The lowest BCUT2D eigenvalue weighted by atomic mass is 10.1. The third kappa shape index (κ3) is 4.71. The van der Waals surface area contributed by atoms with Gasteiger partial charge in [0.2, 0.25) is 5.95 Å². The number of anilines is 2. The number of benzene rings is 1. The van der Waals surface area contributed by atoms with Crippen LogP contribution in [0.4, 0.5) is 16.4 Å². The van der Waals surface area contributed by atoms with E-state index in [0.29, 0.717) is 0 Å². The van der Waals surface area contributed by atoms with Gasteiger partial charge < -0.3 is 15.5 Å². The van der Waals surface area contributed by atoms with E-state index in [-0.39, 0.29) is 12.1 Å². The number of hydrogen-bond acceptors (Lipinski definition) is 4. The summed E-state index contributed by atoms with van der Waals surface area (Å²) in [7, 11) is 0. The van der Waals surface area contributed by atoms with Crippen LogP contribution in [-0.2, 0) is 0 Å². The van der Waals surface area contributed by atoms with E-state index in [2.05, 4.69) is 31.6 Å². The van der Waals surface area contributed by atoms with Gasteiger partial charge in [-0.25, -0.2) is 14.8 Å². The minimum atomic E-state index is -0.142. The van der Waals surface area contributed by atoms with Crippen molar-refractivity contribution in [3.8, 4) is 0 Å². The average molecular weight is 353 g/mol. The summed E-state index contributed by atoms with van der Waals surface area (Å²) in [4.78, 5) is 23.5. The lowest BCUT2D eigenvalue weighted by Gasteiger charge is -2.32. The number of nitrogens with zero attached hydrogens (tertiary/aromatic N) is 3. The summed E-state index contributed by atoms with van der Waals surface area (Å²) in [6.45, 7) is 9.73. The van der Waals surface area contributed by atoms with Crippen LogP contribution >= 0.6 is 0 Å². The smallest absolute Gasteiger partial charge is 0.319 e. The molecule has 26 heavy (non-hydrogen) atoms. The maximum Gasteiger partial charge on any atom is 0.319 e. The Balaban J connectivity index is 1.52. The van der Waals surface area contributed by atoms with Crippen molar-refractivity contribution in [2.45, 2.75) is 46.6 Å². The second-order valence-corrected chi connectivity index (χ2v) is 7.19. The van der Waals surface area contributed by atoms with Crippen molar-refractivity contribution in [3.05, 3.63) is 46.8 Å². The molecule has 2 aromatic rings. The van der Waals surface area contributed by atoms with E-state index in [9.17, 15) is 4.79 Å². The van der Waals surface area contributed by atoms with Gasteiger partial charge in [0.25, 0.3) is 0 Å². The third-order valence-electron chi connectivity index (χ3n) is 4.56. The summed E-state index contributed by atoms with van der Waals surface area (Å²) in [5.41, 5.74) is 5.09. The number of rotatable bonds is 3. The average Bonchev–Trinajstić information content (AvgIpc) is 2.53. The van der Waals surface area contributed by atoms with E-state index in [1.54, 1.807) is 0 Å². The third-order valence-corrected chi connectivity index (χ3v) is 4.56. The lowest BCUT2D eigenvalue weighted by Crippen LogP contribution is -2.46. The summed E-state index contributed by atoms with van der Waals surface area (Å²) in [5, 5.41) is 6.02. The van der Waals surface area contributed by atoms with E-state index in [1.165, 1.54) is 0 Å². The molecule has 0 spiro atoms. The molecule has 1 fully saturated rings. The number of aryl methyl sites for hydroxylation is 4. The van der Waals surface area contributed by atoms with Gasteiger partial charge in [-0.2, -0.15) is 0 Å². The molecule has 6 heteroatoms. The highest BCUT2D eigenvalue weighted by molar-refractivity contribution is 5.89. The number of amides is 2. The Hall–Kier alpha value is -2.63. The molecule has 2 heterocycles. The zero-order valence-electron chi connectivity index (χ0n) is 16.0. The van der Waals surface area contributed by atoms with Crippen LogP contribution in [-0.4, -0.2) is 35.1 Å². The fourth-order valence-corrected chi connectivity index (χ4v) is 3.47. The van der Waals surface area contributed by atoms with Gasteiger partial charge in [-0.05, 0) is 69.9 Å². The van der Waals surface area contributed by atoms with E-state index in [1.807, 2.05) is 45.9 Å². The predicted octanol–water partition coefficient (Wildman–Crippen LogP) is 3.50. The molecule has 1 aliphatic rings. The molecule has 2 N–H and O–H groups in total. The molecule has 0 aliphatic carbocycles. The first kappa shape index (κ1) is 18.2. The molecule has 1 aromatic carbocycles. The Morgan fingerprint density at radius 1 is 0.962 bits per heavy atom. The quantitative estimate of drug-likeness (QED) is 0.886. The number of carbonyl (C=O) groups excluding carboxylic acids is 1. The topological polar surface area (TPSA) is 70.2 Å². The number of carbonyl (C=O) groups is 1. The van der Waals surface area contributed by atoms with Crippen LogP contribution in [0, 0.1) is 27.7 Å². The van der Waals surface area contributed by atoms with Crippen molar-refractivity contribution < 1.29 is 4.79 Å². The van der Waals surface area contributed by atoms with Crippen LogP contribution in [0.3, 0.4) is 0 Å². The van der Waals surface area contributed by atoms with Crippen LogP contribution in [0.5, 0.6) is 0 Å². The van der Waals surface area contributed by atoms with Crippen LogP contribution in [0.1, 0.15) is 35.4 Å². The molecule has 2 amide bonds. The van der Waals surface area contributed by atoms with E-state index < -0.39 is 0 Å². The second-order valence-electron chi connectivity index (χ2n) is 7.19. The molecule has 3 rings (SSSR count). The number of urea groups is 1. The zero-order valence-corrected chi connectivity index (χ0v) is 16.0. The van der Waals surface area contributed by atoms with Gasteiger partial charge in [-0.1, -0.05) is 6.07 Å². The molecule has 6 nitrogen and oxygen atoms in total. The van der Waals surface area contributed by atoms with E-state index in [0.717, 1.165) is 60.1 Å². The first-order valence-corrected chi connectivity index (χ1v) is 9.12. The van der Waals surface area contributed by atoms with Gasteiger partial charge in [0.05, 0.1) is 0 Å². The van der Waals surface area contributed by atoms with Crippen LogP contribution in [0.15, 0.2) is 24.3 Å². The standard InChI is InChI=1S/C20H27N5O/c1-13-9-14(2)11-18(10-13)24-20(26)23-17-5-7-25(8-6-17)19-21-15(3)12-16(4)22-19/h9-12,17H,5-8H2,1-4H3,(H2,23,24,26). The van der Waals surface area contributed by atoms with Crippen molar-refractivity contribution in [1.82, 2.24) is 15.3 Å². The summed E-state index contributed by atoms with van der Waals surface area (Å²) in [6, 6.07) is 8.06. The molecule has 0 saturated carbocycles. The predicted molar refractivity (Wildman–Crippen MR) is 105 cm³/mol. The van der Waals surface area contributed by atoms with Crippen LogP contribution in [0.2, 0.25) is 0 Å². The van der Waals surface area contributed by atoms with E-state index in [4.69, 9.17) is 0 Å². The second kappa shape index (κ2) is 7.72. The Morgan fingerprint density at radius 3 is 2.12 bits per heavy atom. The Morgan fingerprint density at radius 2 is 1.54 bits per heavy atom. The molecule has 1 aliphatic heterocycles. The Kier molecular flexibility index (Phi) is 5.40. The molecular weight excluding hydrogens is 326 g/mol. The summed E-state index contributed by atoms with van der Waals surface area (Å²) in [5.74, 6) is 0.792. The molecular formula is C20H27N5O. The maximum atomic E-state index is 12.3. The fraction of sp³-hybridized carbons (Fsp3) is 0.450. The Bertz CT molecular complexity index is 756. The first-order valence-electron chi connectivity index (χ1n) is 9.12. The maximum absolute atomic E-state index is 12.3. The molecule has 0 atom stereocenters. The zero-order chi connectivity index (χ0) is 18.7. The highest BCUT2D eigenvalue weighted by atomic mass is 16.2. The van der Waals surface area contributed by atoms with Crippen molar-refractivity contribution in [2.75, 3.05) is 23.3 Å². The minimum Gasteiger partial charge on any atom is -0.341 e. The molecule has 0 bridgehead atoms. The van der Waals surface area contributed by atoms with Crippen LogP contribution in [0.25, 0.3) is 0 Å². The fourth-order valence-electron chi connectivity index (χ4n) is 3.47. The highest BCUT2D eigenvalue weighted by Gasteiger charge is 2.22. The SMILES string of the molecule is Cc1cc(C)cc(NC(=O)NC2CCN(c3nc(C)cc(C)n3)CC2)c1. The van der Waals surface area contributed by atoms with Crippen molar-refractivity contribution >= 4 is 17.7 Å². The molecule has 1 saturated heterocycles. The molecule has 0 unspecified atom stereocenters. The van der Waals surface area contributed by atoms with Gasteiger partial charge in [-0.3, -0.25) is 0 Å². The van der Waals surface area contributed by atoms with Crippen molar-refractivity contribution in [2.24, 2.45) is 0 Å². The first-order chi connectivity index (χ1) is 12.4. The van der Waals surface area contributed by atoms with Gasteiger partial charge in [0.15, 0.2) is 0 Å². The number of nitrogens with one attached hydrogen (secondary N) is 2. The minimum absolute atomic E-state index is 0.142. The lowest BCUT2D eigenvalue weighted by molar-refractivity contribution is 0.246. The molecule has 0 radical (unpaired) electrons. The summed E-state index contributed by atoms with van der Waals surface area (Å²) in [6.07, 6.45) is 1.77. The number of aromatic nitrogens is 2. The Labute approximate surface area is 155 Å². The number of piperidine rings is 1. The van der Waals surface area contributed by atoms with Crippen molar-refractivity contribution in [1.29, 1.82) is 0 Å². The van der Waals surface area contributed by atoms with E-state index >= 15 is 0 Å². The summed E-state index contributed by atoms with van der Waals surface area (Å²) >= 11 is 0. The highest BCUT2D eigenvalue weighted by Crippen LogP contribution is 2.18. The molecule has 1 aromatic heterocycles. The van der Waals surface area contributed by atoms with Gasteiger partial charge in [-0.15, -0.1) is 0 Å². The monoisotopic (exact) mass is 353 g/mol. The van der Waals surface area contributed by atoms with Crippen molar-refractivity contribution in [3.63, 3.8) is 0 Å². The number of hydrogen-bond donors (Lipinski definition) is 2. The normalized spacial score (nSPS) is 15.0. The van der Waals surface area contributed by atoms with Gasteiger partial charge >= 0.3 is 6.03 Å². The summed E-state index contributed by atoms with van der Waals surface area (Å²) < 4.78 is 0. The van der Waals surface area contributed by atoms with Gasteiger partial charge in [0.1, 0.15) is 0 Å². The van der Waals surface area contributed by atoms with Crippen LogP contribution < -0.4 is 15.5 Å². The largest absolute Gasteiger partial charge is 0.341 e. The van der Waals surface area contributed by atoms with Gasteiger partial charge in [0, 0.05) is 36.2 Å².